The highest BCUT2D eigenvalue weighted by Gasteiger charge is 2.12. The molecule has 0 unspecified atom stereocenters. The molecule has 1 heterocycles. The fourth-order valence-corrected chi connectivity index (χ4v) is 3.05. The Hall–Kier alpha value is -3.13. The summed E-state index contributed by atoms with van der Waals surface area (Å²) in [7, 11) is 1.69. The second kappa shape index (κ2) is 6.17. The molecule has 4 rings (SSSR count). The average molecular weight is 311 g/mol. The quantitative estimate of drug-likeness (QED) is 0.493. The van der Waals surface area contributed by atoms with Gasteiger partial charge in [-0.05, 0) is 29.3 Å². The number of rotatable bonds is 3. The summed E-state index contributed by atoms with van der Waals surface area (Å²) >= 11 is 0. The van der Waals surface area contributed by atoms with Crippen molar-refractivity contribution in [2.45, 2.75) is 0 Å². The number of pyridine rings is 1. The largest absolute Gasteiger partial charge is 0.497 e. The van der Waals surface area contributed by atoms with E-state index >= 15 is 0 Å². The second-order valence-corrected chi connectivity index (χ2v) is 5.66. The van der Waals surface area contributed by atoms with Gasteiger partial charge >= 0.3 is 0 Å². The fourth-order valence-electron chi connectivity index (χ4n) is 3.05. The Labute approximate surface area is 141 Å². The number of fused-ring (bicyclic) bond motifs is 1. The highest BCUT2D eigenvalue weighted by Crippen LogP contribution is 2.37. The van der Waals surface area contributed by atoms with Crippen molar-refractivity contribution in [3.63, 3.8) is 0 Å². The van der Waals surface area contributed by atoms with Gasteiger partial charge in [0.15, 0.2) is 0 Å². The van der Waals surface area contributed by atoms with Gasteiger partial charge in [0.25, 0.3) is 0 Å². The van der Waals surface area contributed by atoms with Crippen molar-refractivity contribution in [1.29, 1.82) is 0 Å². The third-order valence-corrected chi connectivity index (χ3v) is 4.24. The van der Waals surface area contributed by atoms with Crippen LogP contribution in [0.25, 0.3) is 33.2 Å². The number of ether oxygens (including phenoxy) is 1. The molecule has 0 radical (unpaired) electrons. The van der Waals surface area contributed by atoms with Crippen LogP contribution in [0.2, 0.25) is 0 Å². The van der Waals surface area contributed by atoms with E-state index in [2.05, 4.69) is 59.6 Å². The Kier molecular flexibility index (Phi) is 3.72. The summed E-state index contributed by atoms with van der Waals surface area (Å²) < 4.78 is 5.30. The predicted molar refractivity (Wildman–Crippen MR) is 99.2 cm³/mol. The van der Waals surface area contributed by atoms with Crippen LogP contribution in [0.4, 0.5) is 0 Å². The molecular weight excluding hydrogens is 294 g/mol. The summed E-state index contributed by atoms with van der Waals surface area (Å²) in [5.74, 6) is 0.860. The van der Waals surface area contributed by atoms with Gasteiger partial charge in [-0.2, -0.15) is 0 Å². The maximum Gasteiger partial charge on any atom is 0.118 e. The van der Waals surface area contributed by atoms with Crippen LogP contribution in [0.5, 0.6) is 5.75 Å². The Morgan fingerprint density at radius 3 is 2.17 bits per heavy atom. The van der Waals surface area contributed by atoms with Gasteiger partial charge in [0.05, 0.1) is 12.6 Å². The topological polar surface area (TPSA) is 22.1 Å². The first-order chi connectivity index (χ1) is 11.9. The number of hydrogen-bond acceptors (Lipinski definition) is 2. The van der Waals surface area contributed by atoms with Crippen LogP contribution in [0.1, 0.15) is 0 Å². The summed E-state index contributed by atoms with van der Waals surface area (Å²) in [5, 5.41) is 1.16. The van der Waals surface area contributed by atoms with Gasteiger partial charge in [-0.3, -0.25) is 4.98 Å². The highest BCUT2D eigenvalue weighted by molar-refractivity contribution is 6.02. The van der Waals surface area contributed by atoms with Crippen molar-refractivity contribution in [3.05, 3.63) is 85.1 Å². The van der Waals surface area contributed by atoms with E-state index < -0.39 is 0 Å². The Bertz CT molecular complexity index is 976. The number of benzene rings is 3. The number of methoxy groups -OCH3 is 1. The van der Waals surface area contributed by atoms with Crippen LogP contribution >= 0.6 is 0 Å². The standard InChI is InChI=1S/C22H17NO/c1-24-18-13-11-17(12-14-18)22-19-9-5-6-10-21(19)23-15-20(22)16-7-3-2-4-8-16/h2-15H,1H3. The molecule has 0 atom stereocenters. The molecule has 0 N–H and O–H groups in total. The van der Waals surface area contributed by atoms with E-state index in [0.29, 0.717) is 0 Å². The van der Waals surface area contributed by atoms with Gasteiger partial charge in [0.2, 0.25) is 0 Å². The van der Waals surface area contributed by atoms with E-state index in [4.69, 9.17) is 4.74 Å². The van der Waals surface area contributed by atoms with Crippen molar-refractivity contribution in [2.24, 2.45) is 0 Å². The monoisotopic (exact) mass is 311 g/mol. The minimum absolute atomic E-state index is 0.860. The first-order valence-electron chi connectivity index (χ1n) is 7.94. The molecule has 0 bridgehead atoms. The average Bonchev–Trinajstić information content (AvgIpc) is 2.68. The van der Waals surface area contributed by atoms with Gasteiger partial charge in [-0.15, -0.1) is 0 Å². The molecule has 0 aliphatic rings. The molecule has 2 nitrogen and oxygen atoms in total. The molecule has 0 amide bonds. The van der Waals surface area contributed by atoms with E-state index in [1.165, 1.54) is 11.1 Å². The maximum atomic E-state index is 5.30. The molecule has 3 aromatic carbocycles. The van der Waals surface area contributed by atoms with Crippen LogP contribution in [0.15, 0.2) is 85.1 Å². The SMILES string of the molecule is COc1ccc(-c2c(-c3ccccc3)cnc3ccccc23)cc1. The van der Waals surface area contributed by atoms with Crippen LogP contribution in [-0.2, 0) is 0 Å². The molecule has 1 aromatic heterocycles. The number of hydrogen-bond donors (Lipinski definition) is 0. The highest BCUT2D eigenvalue weighted by atomic mass is 16.5. The third kappa shape index (κ3) is 2.52. The first-order valence-corrected chi connectivity index (χ1v) is 7.94. The third-order valence-electron chi connectivity index (χ3n) is 4.24. The zero-order valence-electron chi connectivity index (χ0n) is 13.4. The van der Waals surface area contributed by atoms with Crippen LogP contribution in [0, 0.1) is 0 Å². The van der Waals surface area contributed by atoms with E-state index in [1.54, 1.807) is 7.11 Å². The smallest absolute Gasteiger partial charge is 0.118 e. The molecule has 116 valence electrons. The molecule has 4 aromatic rings. The van der Waals surface area contributed by atoms with Gasteiger partial charge < -0.3 is 4.74 Å². The number of para-hydroxylation sites is 1. The second-order valence-electron chi connectivity index (χ2n) is 5.66. The van der Waals surface area contributed by atoms with Crippen LogP contribution in [0.3, 0.4) is 0 Å². The fraction of sp³-hybridized carbons (Fsp3) is 0.0455. The summed E-state index contributed by atoms with van der Waals surface area (Å²) in [5.41, 5.74) is 5.67. The summed E-state index contributed by atoms with van der Waals surface area (Å²) in [4.78, 5) is 4.65. The lowest BCUT2D eigenvalue weighted by Crippen LogP contribution is -1.91. The molecule has 24 heavy (non-hydrogen) atoms. The Morgan fingerprint density at radius 2 is 1.42 bits per heavy atom. The molecule has 0 aliphatic carbocycles. The summed E-state index contributed by atoms with van der Waals surface area (Å²) in [6.45, 7) is 0. The predicted octanol–water partition coefficient (Wildman–Crippen LogP) is 5.58. The molecule has 0 aliphatic heterocycles. The van der Waals surface area contributed by atoms with Crippen molar-refractivity contribution >= 4 is 10.9 Å². The lowest BCUT2D eigenvalue weighted by atomic mass is 9.92. The summed E-state index contributed by atoms with van der Waals surface area (Å²) in [6.07, 6.45) is 1.97. The van der Waals surface area contributed by atoms with Crippen molar-refractivity contribution in [3.8, 4) is 28.0 Å². The van der Waals surface area contributed by atoms with Crippen molar-refractivity contribution in [2.75, 3.05) is 7.11 Å². The minimum atomic E-state index is 0.860. The van der Waals surface area contributed by atoms with Crippen molar-refractivity contribution in [1.82, 2.24) is 4.98 Å². The van der Waals surface area contributed by atoms with Crippen LogP contribution in [-0.4, -0.2) is 12.1 Å². The molecule has 2 heteroatoms. The molecule has 0 fully saturated rings. The first kappa shape index (κ1) is 14.5. The molecular formula is C22H17NO. The number of nitrogens with zero attached hydrogens (tertiary/aromatic N) is 1. The van der Waals surface area contributed by atoms with Gasteiger partial charge in [0, 0.05) is 22.7 Å². The van der Waals surface area contributed by atoms with Gasteiger partial charge in [0.1, 0.15) is 5.75 Å². The lowest BCUT2D eigenvalue weighted by molar-refractivity contribution is 0.415. The lowest BCUT2D eigenvalue weighted by Gasteiger charge is -2.14. The molecule has 0 saturated carbocycles. The van der Waals surface area contributed by atoms with E-state index in [0.717, 1.165) is 27.8 Å². The zero-order chi connectivity index (χ0) is 16.4. The number of aromatic nitrogens is 1. The normalized spacial score (nSPS) is 10.7. The molecule has 0 spiro atoms. The van der Waals surface area contributed by atoms with Crippen LogP contribution < -0.4 is 4.74 Å². The molecule has 0 saturated heterocycles. The summed E-state index contributed by atoms with van der Waals surface area (Å²) in [6, 6.07) is 26.9. The van der Waals surface area contributed by atoms with Gasteiger partial charge in [-0.1, -0.05) is 60.7 Å². The Morgan fingerprint density at radius 1 is 0.708 bits per heavy atom. The Balaban J connectivity index is 2.02. The van der Waals surface area contributed by atoms with E-state index in [-0.39, 0.29) is 0 Å². The zero-order valence-corrected chi connectivity index (χ0v) is 13.4. The van der Waals surface area contributed by atoms with Gasteiger partial charge in [-0.25, -0.2) is 0 Å². The van der Waals surface area contributed by atoms with Crippen molar-refractivity contribution < 1.29 is 4.74 Å². The minimum Gasteiger partial charge on any atom is -0.497 e. The van der Waals surface area contributed by atoms with E-state index in [1.807, 2.05) is 30.5 Å². The maximum absolute atomic E-state index is 5.30. The van der Waals surface area contributed by atoms with E-state index in [9.17, 15) is 0 Å².